The van der Waals surface area contributed by atoms with Gasteiger partial charge in [-0.15, -0.1) is 0 Å². The predicted octanol–water partition coefficient (Wildman–Crippen LogP) is -0.614. The number of nitrogens with zero attached hydrogens (tertiary/aromatic N) is 2. The summed E-state index contributed by atoms with van der Waals surface area (Å²) in [6.45, 7) is 3.88. The molecule has 16 heavy (non-hydrogen) atoms. The maximum absolute atomic E-state index is 11.7. The van der Waals surface area contributed by atoms with E-state index >= 15 is 0 Å². The molecule has 5 heteroatoms. The van der Waals surface area contributed by atoms with Gasteiger partial charge in [0, 0.05) is 26.1 Å². The Hall–Kier alpha value is -0.650. The van der Waals surface area contributed by atoms with E-state index in [1.54, 1.807) is 21.0 Å². The van der Waals surface area contributed by atoms with Crippen molar-refractivity contribution in [3.63, 3.8) is 0 Å². The number of hydrogen-bond acceptors (Lipinski definition) is 4. The minimum Gasteiger partial charge on any atom is -0.396 e. The molecule has 0 aliphatic heterocycles. The maximum Gasteiger partial charge on any atom is 0.239 e. The van der Waals surface area contributed by atoms with Gasteiger partial charge in [0.15, 0.2) is 0 Å². The minimum atomic E-state index is -0.574. The standard InChI is InChI=1S/C11H24N2O3/c1-9(10(16)12(3)4)13(5)6-11(2,7-14)8-15/h9,14-15H,6-8H2,1-5H3. The Morgan fingerprint density at radius 2 is 1.69 bits per heavy atom. The van der Waals surface area contributed by atoms with E-state index in [0.717, 1.165) is 0 Å². The lowest BCUT2D eigenvalue weighted by Gasteiger charge is -2.34. The van der Waals surface area contributed by atoms with Gasteiger partial charge in [-0.05, 0) is 14.0 Å². The number of hydrogen-bond donors (Lipinski definition) is 2. The Labute approximate surface area is 97.7 Å². The summed E-state index contributed by atoms with van der Waals surface area (Å²) in [5, 5.41) is 18.4. The smallest absolute Gasteiger partial charge is 0.239 e. The van der Waals surface area contributed by atoms with Crippen molar-refractivity contribution in [1.29, 1.82) is 0 Å². The van der Waals surface area contributed by atoms with E-state index in [1.807, 2.05) is 18.9 Å². The van der Waals surface area contributed by atoms with Crippen LogP contribution in [0.15, 0.2) is 0 Å². The highest BCUT2D eigenvalue weighted by Gasteiger charge is 2.28. The van der Waals surface area contributed by atoms with Crippen LogP contribution in [0.5, 0.6) is 0 Å². The fourth-order valence-electron chi connectivity index (χ4n) is 1.45. The van der Waals surface area contributed by atoms with Crippen molar-refractivity contribution in [2.45, 2.75) is 19.9 Å². The summed E-state index contributed by atoms with van der Waals surface area (Å²) in [5.74, 6) is 0.0146. The zero-order valence-electron chi connectivity index (χ0n) is 10.9. The largest absolute Gasteiger partial charge is 0.396 e. The Kier molecular flexibility index (Phi) is 5.92. The van der Waals surface area contributed by atoms with Crippen molar-refractivity contribution < 1.29 is 15.0 Å². The summed E-state index contributed by atoms with van der Waals surface area (Å²) in [6, 6.07) is -0.257. The zero-order valence-corrected chi connectivity index (χ0v) is 10.9. The lowest BCUT2D eigenvalue weighted by atomic mass is 9.92. The van der Waals surface area contributed by atoms with Crippen molar-refractivity contribution in [3.8, 4) is 0 Å². The number of aliphatic hydroxyl groups is 2. The van der Waals surface area contributed by atoms with Gasteiger partial charge in [0.1, 0.15) is 0 Å². The van der Waals surface area contributed by atoms with Crippen molar-refractivity contribution in [1.82, 2.24) is 9.80 Å². The normalized spacial score (nSPS) is 14.0. The molecular formula is C11H24N2O3. The Morgan fingerprint density at radius 3 is 2.00 bits per heavy atom. The Morgan fingerprint density at radius 1 is 1.25 bits per heavy atom. The first-order chi connectivity index (χ1) is 7.27. The van der Waals surface area contributed by atoms with Gasteiger partial charge in [-0.2, -0.15) is 0 Å². The van der Waals surface area contributed by atoms with E-state index in [2.05, 4.69) is 0 Å². The molecule has 5 nitrogen and oxygen atoms in total. The average molecular weight is 232 g/mol. The first-order valence-electron chi connectivity index (χ1n) is 5.40. The lowest BCUT2D eigenvalue weighted by Crippen LogP contribution is -2.48. The molecule has 2 N–H and O–H groups in total. The fraction of sp³-hybridized carbons (Fsp3) is 0.909. The minimum absolute atomic E-state index is 0.0146. The summed E-state index contributed by atoms with van der Waals surface area (Å²) < 4.78 is 0. The van der Waals surface area contributed by atoms with Gasteiger partial charge in [0.25, 0.3) is 0 Å². The van der Waals surface area contributed by atoms with Crippen LogP contribution in [0.2, 0.25) is 0 Å². The molecule has 0 aromatic heterocycles. The van der Waals surface area contributed by atoms with Gasteiger partial charge in [0.05, 0.1) is 19.3 Å². The molecule has 1 amide bonds. The topological polar surface area (TPSA) is 64.0 Å². The average Bonchev–Trinajstić information content (AvgIpc) is 2.26. The molecule has 0 fully saturated rings. The van der Waals surface area contributed by atoms with Gasteiger partial charge >= 0.3 is 0 Å². The number of amides is 1. The maximum atomic E-state index is 11.7. The van der Waals surface area contributed by atoms with E-state index in [0.29, 0.717) is 6.54 Å². The van der Waals surface area contributed by atoms with Gasteiger partial charge < -0.3 is 15.1 Å². The van der Waals surface area contributed by atoms with Crippen LogP contribution in [0.3, 0.4) is 0 Å². The molecule has 0 bridgehead atoms. The third-order valence-electron chi connectivity index (χ3n) is 2.85. The van der Waals surface area contributed by atoms with Crippen molar-refractivity contribution in [3.05, 3.63) is 0 Å². The quantitative estimate of drug-likeness (QED) is 0.641. The summed E-state index contributed by atoms with van der Waals surface area (Å²) in [4.78, 5) is 15.1. The van der Waals surface area contributed by atoms with E-state index < -0.39 is 5.41 Å². The van der Waals surface area contributed by atoms with Gasteiger partial charge in [-0.25, -0.2) is 0 Å². The van der Waals surface area contributed by atoms with Crippen molar-refractivity contribution >= 4 is 5.91 Å². The summed E-state index contributed by atoms with van der Waals surface area (Å²) in [7, 11) is 5.24. The third-order valence-corrected chi connectivity index (χ3v) is 2.85. The van der Waals surface area contributed by atoms with Crippen molar-refractivity contribution in [2.24, 2.45) is 5.41 Å². The predicted molar refractivity (Wildman–Crippen MR) is 63.1 cm³/mol. The molecule has 0 saturated heterocycles. The number of carbonyl (C=O) groups is 1. The first-order valence-corrected chi connectivity index (χ1v) is 5.40. The van der Waals surface area contributed by atoms with E-state index in [1.165, 1.54) is 4.90 Å². The summed E-state index contributed by atoms with van der Waals surface area (Å²) in [6.07, 6.45) is 0. The van der Waals surface area contributed by atoms with E-state index in [4.69, 9.17) is 0 Å². The van der Waals surface area contributed by atoms with Crippen LogP contribution in [-0.2, 0) is 4.79 Å². The highest BCUT2D eigenvalue weighted by Crippen LogP contribution is 2.17. The second kappa shape index (κ2) is 6.18. The second-order valence-corrected chi connectivity index (χ2v) is 4.95. The molecule has 0 rings (SSSR count). The van der Waals surface area contributed by atoms with Crippen LogP contribution in [0.4, 0.5) is 0 Å². The molecule has 0 saturated carbocycles. The van der Waals surface area contributed by atoms with Crippen LogP contribution < -0.4 is 0 Å². The molecule has 1 atom stereocenters. The lowest BCUT2D eigenvalue weighted by molar-refractivity contribution is -0.134. The summed E-state index contributed by atoms with van der Waals surface area (Å²) in [5.41, 5.74) is -0.574. The zero-order chi connectivity index (χ0) is 12.9. The molecule has 0 spiro atoms. The van der Waals surface area contributed by atoms with E-state index in [-0.39, 0.29) is 25.2 Å². The first kappa shape index (κ1) is 15.3. The molecule has 0 radical (unpaired) electrons. The third kappa shape index (κ3) is 4.08. The van der Waals surface area contributed by atoms with Crippen LogP contribution in [-0.4, -0.2) is 72.9 Å². The Balaban J connectivity index is 4.46. The molecule has 0 aliphatic rings. The van der Waals surface area contributed by atoms with Crippen LogP contribution in [0, 0.1) is 5.41 Å². The highest BCUT2D eigenvalue weighted by molar-refractivity contribution is 5.80. The molecule has 0 aromatic carbocycles. The Bertz CT molecular complexity index is 227. The molecule has 0 aromatic rings. The van der Waals surface area contributed by atoms with Crippen molar-refractivity contribution in [2.75, 3.05) is 40.9 Å². The molecule has 0 aliphatic carbocycles. The van der Waals surface area contributed by atoms with Crippen LogP contribution in [0.1, 0.15) is 13.8 Å². The SMILES string of the molecule is CC(C(=O)N(C)C)N(C)CC(C)(CO)CO. The number of rotatable bonds is 6. The summed E-state index contributed by atoms with van der Waals surface area (Å²) >= 11 is 0. The molecule has 0 heterocycles. The van der Waals surface area contributed by atoms with Crippen LogP contribution in [0.25, 0.3) is 0 Å². The number of likely N-dealkylation sites (N-methyl/N-ethyl adjacent to an activating group) is 2. The second-order valence-electron chi connectivity index (χ2n) is 4.95. The monoisotopic (exact) mass is 232 g/mol. The fourth-order valence-corrected chi connectivity index (χ4v) is 1.45. The van der Waals surface area contributed by atoms with Gasteiger partial charge in [0.2, 0.25) is 5.91 Å². The molecule has 1 unspecified atom stereocenters. The number of aliphatic hydroxyl groups excluding tert-OH is 2. The molecular weight excluding hydrogens is 208 g/mol. The van der Waals surface area contributed by atoms with Crippen LogP contribution >= 0.6 is 0 Å². The number of carbonyl (C=O) groups excluding carboxylic acids is 1. The van der Waals surface area contributed by atoms with Gasteiger partial charge in [-0.3, -0.25) is 9.69 Å². The van der Waals surface area contributed by atoms with Gasteiger partial charge in [-0.1, -0.05) is 6.92 Å². The molecule has 96 valence electrons. The highest BCUT2D eigenvalue weighted by atomic mass is 16.3. The van der Waals surface area contributed by atoms with E-state index in [9.17, 15) is 15.0 Å².